The summed E-state index contributed by atoms with van der Waals surface area (Å²) in [6.07, 6.45) is 2.18. The average molecular weight is 326 g/mol. The number of rotatable bonds is 4. The summed E-state index contributed by atoms with van der Waals surface area (Å²) in [7, 11) is 0. The summed E-state index contributed by atoms with van der Waals surface area (Å²) in [6, 6.07) is 9.24. The van der Waals surface area contributed by atoms with E-state index < -0.39 is 5.97 Å². The molecule has 1 aromatic carbocycles. The molecule has 5 nitrogen and oxygen atoms in total. The van der Waals surface area contributed by atoms with Crippen LogP contribution in [0, 0.1) is 0 Å². The molecule has 2 heterocycles. The highest BCUT2D eigenvalue weighted by molar-refractivity contribution is 7.16. The Labute approximate surface area is 135 Å². The van der Waals surface area contributed by atoms with E-state index in [1.165, 1.54) is 15.9 Å². The Morgan fingerprint density at radius 1 is 1.30 bits per heavy atom. The number of carboxylic acid groups (broad SMARTS) is 1. The molecule has 116 valence electrons. The SMILES string of the molecule is O=C(O)Cn1c(-c2ccccc2)nc2scc(C3CC3)c2c1=O. The molecular weight excluding hydrogens is 312 g/mol. The molecule has 0 spiro atoms. The van der Waals surface area contributed by atoms with Gasteiger partial charge in [0.15, 0.2) is 0 Å². The van der Waals surface area contributed by atoms with Crippen molar-refractivity contribution >= 4 is 27.5 Å². The van der Waals surface area contributed by atoms with Crippen LogP contribution in [0.2, 0.25) is 0 Å². The number of benzene rings is 1. The van der Waals surface area contributed by atoms with E-state index in [0.717, 1.165) is 24.0 Å². The molecule has 0 aliphatic heterocycles. The second-order valence-corrected chi connectivity index (χ2v) is 6.59. The summed E-state index contributed by atoms with van der Waals surface area (Å²) >= 11 is 1.46. The molecule has 6 heteroatoms. The fourth-order valence-corrected chi connectivity index (χ4v) is 3.84. The third-order valence-corrected chi connectivity index (χ3v) is 4.96. The monoisotopic (exact) mass is 326 g/mol. The van der Waals surface area contributed by atoms with Gasteiger partial charge in [-0.05, 0) is 29.7 Å². The summed E-state index contributed by atoms with van der Waals surface area (Å²) in [4.78, 5) is 29.5. The molecule has 3 aromatic rings. The first-order chi connectivity index (χ1) is 11.1. The lowest BCUT2D eigenvalue weighted by molar-refractivity contribution is -0.137. The van der Waals surface area contributed by atoms with Crippen molar-refractivity contribution in [3.63, 3.8) is 0 Å². The highest BCUT2D eigenvalue weighted by Gasteiger charge is 2.29. The maximum atomic E-state index is 12.9. The van der Waals surface area contributed by atoms with E-state index in [1.807, 2.05) is 35.7 Å². The predicted molar refractivity (Wildman–Crippen MR) is 88.9 cm³/mol. The number of carbonyl (C=O) groups is 1. The number of aliphatic carboxylic acids is 1. The number of hydrogen-bond donors (Lipinski definition) is 1. The van der Waals surface area contributed by atoms with Gasteiger partial charge in [-0.15, -0.1) is 11.3 Å². The van der Waals surface area contributed by atoms with Gasteiger partial charge >= 0.3 is 5.97 Å². The van der Waals surface area contributed by atoms with Gasteiger partial charge in [-0.1, -0.05) is 30.3 Å². The largest absolute Gasteiger partial charge is 0.480 e. The van der Waals surface area contributed by atoms with Crippen molar-refractivity contribution in [3.8, 4) is 11.4 Å². The Balaban J connectivity index is 2.01. The topological polar surface area (TPSA) is 72.2 Å². The summed E-state index contributed by atoms with van der Waals surface area (Å²) in [5, 5.41) is 11.8. The third kappa shape index (κ3) is 2.45. The number of hydrogen-bond acceptors (Lipinski definition) is 4. The Hall–Kier alpha value is -2.47. The summed E-state index contributed by atoms with van der Waals surface area (Å²) in [6.45, 7) is -0.383. The minimum Gasteiger partial charge on any atom is -0.480 e. The van der Waals surface area contributed by atoms with Crippen molar-refractivity contribution in [3.05, 3.63) is 51.6 Å². The van der Waals surface area contributed by atoms with E-state index in [2.05, 4.69) is 4.98 Å². The lowest BCUT2D eigenvalue weighted by atomic mass is 10.1. The van der Waals surface area contributed by atoms with Crippen LogP contribution in [0.5, 0.6) is 0 Å². The summed E-state index contributed by atoms with van der Waals surface area (Å²) in [5.41, 5.74) is 1.52. The number of aromatic nitrogens is 2. The van der Waals surface area contributed by atoms with Gasteiger partial charge < -0.3 is 5.11 Å². The first-order valence-corrected chi connectivity index (χ1v) is 8.32. The standard InChI is InChI=1S/C17H14N2O3S/c20-13(21)8-19-15(11-4-2-1-3-5-11)18-16-14(17(19)22)12(9-23-16)10-6-7-10/h1-5,9-10H,6-8H2,(H,20,21). The van der Waals surface area contributed by atoms with Crippen LogP contribution in [0.25, 0.3) is 21.6 Å². The molecular formula is C17H14N2O3S. The fraction of sp³-hybridized carbons (Fsp3) is 0.235. The van der Waals surface area contributed by atoms with E-state index in [-0.39, 0.29) is 12.1 Å². The average Bonchev–Trinajstić information content (AvgIpc) is 3.30. The van der Waals surface area contributed by atoms with Gasteiger partial charge in [0.2, 0.25) is 0 Å². The maximum Gasteiger partial charge on any atom is 0.323 e. The molecule has 1 N–H and O–H groups in total. The van der Waals surface area contributed by atoms with Gasteiger partial charge in [-0.3, -0.25) is 14.2 Å². The summed E-state index contributed by atoms with van der Waals surface area (Å²) < 4.78 is 1.28. The first-order valence-electron chi connectivity index (χ1n) is 7.44. The number of carboxylic acids is 1. The molecule has 0 saturated heterocycles. The minimum absolute atomic E-state index is 0.251. The van der Waals surface area contributed by atoms with Crippen molar-refractivity contribution in [1.29, 1.82) is 0 Å². The zero-order valence-corrected chi connectivity index (χ0v) is 13.0. The lowest BCUT2D eigenvalue weighted by Gasteiger charge is -2.11. The normalized spacial score (nSPS) is 14.3. The smallest absolute Gasteiger partial charge is 0.323 e. The molecule has 1 aliphatic carbocycles. The van der Waals surface area contributed by atoms with Gasteiger partial charge in [0.25, 0.3) is 5.56 Å². The third-order valence-electron chi connectivity index (χ3n) is 4.06. The highest BCUT2D eigenvalue weighted by atomic mass is 32.1. The van der Waals surface area contributed by atoms with Crippen LogP contribution < -0.4 is 5.56 Å². The maximum absolute atomic E-state index is 12.9. The van der Waals surface area contributed by atoms with Crippen LogP contribution in [-0.2, 0) is 11.3 Å². The van der Waals surface area contributed by atoms with Crippen LogP contribution in [0.3, 0.4) is 0 Å². The van der Waals surface area contributed by atoms with Crippen LogP contribution >= 0.6 is 11.3 Å². The second kappa shape index (κ2) is 5.31. The van der Waals surface area contributed by atoms with Gasteiger partial charge in [0.1, 0.15) is 17.2 Å². The van der Waals surface area contributed by atoms with E-state index in [1.54, 1.807) is 0 Å². The quantitative estimate of drug-likeness (QED) is 0.799. The molecule has 0 radical (unpaired) electrons. The molecule has 0 atom stereocenters. The van der Waals surface area contributed by atoms with Crippen LogP contribution in [0.15, 0.2) is 40.5 Å². The Kier molecular flexibility index (Phi) is 3.27. The van der Waals surface area contributed by atoms with Gasteiger partial charge in [0.05, 0.1) is 5.39 Å². The molecule has 23 heavy (non-hydrogen) atoms. The molecule has 2 aromatic heterocycles. The van der Waals surface area contributed by atoms with Crippen molar-refractivity contribution < 1.29 is 9.90 Å². The fourth-order valence-electron chi connectivity index (χ4n) is 2.83. The van der Waals surface area contributed by atoms with Gasteiger partial charge in [-0.25, -0.2) is 4.98 Å². The van der Waals surface area contributed by atoms with Gasteiger partial charge in [-0.2, -0.15) is 0 Å². The summed E-state index contributed by atoms with van der Waals surface area (Å²) in [5.74, 6) is -0.206. The van der Waals surface area contributed by atoms with E-state index >= 15 is 0 Å². The van der Waals surface area contributed by atoms with Crippen molar-refractivity contribution in [2.24, 2.45) is 0 Å². The zero-order valence-electron chi connectivity index (χ0n) is 12.2. The Bertz CT molecular complexity index is 955. The van der Waals surface area contributed by atoms with Crippen LogP contribution in [-0.4, -0.2) is 20.6 Å². The van der Waals surface area contributed by atoms with E-state index in [0.29, 0.717) is 22.0 Å². The van der Waals surface area contributed by atoms with E-state index in [9.17, 15) is 14.7 Å². The molecule has 1 saturated carbocycles. The van der Waals surface area contributed by atoms with Crippen LogP contribution in [0.1, 0.15) is 24.3 Å². The van der Waals surface area contributed by atoms with Crippen molar-refractivity contribution in [1.82, 2.24) is 9.55 Å². The number of thiophene rings is 1. The van der Waals surface area contributed by atoms with Crippen molar-refractivity contribution in [2.45, 2.75) is 25.3 Å². The van der Waals surface area contributed by atoms with Gasteiger partial charge in [0, 0.05) is 5.56 Å². The molecule has 0 bridgehead atoms. The molecule has 0 amide bonds. The predicted octanol–water partition coefficient (Wildman–Crippen LogP) is 3.09. The first kappa shape index (κ1) is 14.1. The van der Waals surface area contributed by atoms with E-state index in [4.69, 9.17) is 0 Å². The minimum atomic E-state index is -1.05. The lowest BCUT2D eigenvalue weighted by Crippen LogP contribution is -2.27. The number of fused-ring (bicyclic) bond motifs is 1. The molecule has 1 fully saturated rings. The Morgan fingerprint density at radius 2 is 2.04 bits per heavy atom. The zero-order chi connectivity index (χ0) is 16.0. The molecule has 1 aliphatic rings. The molecule has 4 rings (SSSR count). The number of nitrogens with zero attached hydrogens (tertiary/aromatic N) is 2. The van der Waals surface area contributed by atoms with Crippen molar-refractivity contribution in [2.75, 3.05) is 0 Å². The second-order valence-electron chi connectivity index (χ2n) is 5.73. The molecule has 0 unspecified atom stereocenters. The Morgan fingerprint density at radius 3 is 2.70 bits per heavy atom. The highest BCUT2D eigenvalue weighted by Crippen LogP contribution is 2.44. The van der Waals surface area contributed by atoms with Crippen LogP contribution in [0.4, 0.5) is 0 Å².